The van der Waals surface area contributed by atoms with Gasteiger partial charge in [0, 0.05) is 24.3 Å². The lowest BCUT2D eigenvalue weighted by Gasteiger charge is -2.20. The molecule has 0 saturated carbocycles. The highest BCUT2D eigenvalue weighted by Gasteiger charge is 2.24. The first kappa shape index (κ1) is 20.1. The smallest absolute Gasteiger partial charge is 0.255 e. The number of sulfonamides is 1. The van der Waals surface area contributed by atoms with E-state index in [0.29, 0.717) is 29.9 Å². The molecule has 26 heavy (non-hydrogen) atoms. The Hall–Kier alpha value is -2.25. The molecular weight excluding hydrogens is 355 g/mol. The van der Waals surface area contributed by atoms with Gasteiger partial charge in [-0.25, -0.2) is 12.8 Å². The van der Waals surface area contributed by atoms with Crippen LogP contribution < -0.4 is 5.32 Å². The third-order valence-electron chi connectivity index (χ3n) is 4.22. The van der Waals surface area contributed by atoms with Crippen LogP contribution in [0.2, 0.25) is 0 Å². The van der Waals surface area contributed by atoms with Crippen molar-refractivity contribution in [2.45, 2.75) is 32.6 Å². The van der Waals surface area contributed by atoms with Gasteiger partial charge in [-0.1, -0.05) is 26.0 Å². The van der Waals surface area contributed by atoms with Crippen molar-refractivity contribution in [1.82, 2.24) is 4.31 Å². The van der Waals surface area contributed by atoms with E-state index in [2.05, 4.69) is 5.32 Å². The number of nitrogens with zero attached hydrogens (tertiary/aromatic N) is 1. The fraction of sp³-hybridized carbons (Fsp3) is 0.316. The van der Waals surface area contributed by atoms with Gasteiger partial charge in [-0.2, -0.15) is 4.31 Å². The van der Waals surface area contributed by atoms with Crippen molar-refractivity contribution >= 4 is 21.6 Å². The molecule has 140 valence electrons. The Morgan fingerprint density at radius 3 is 2.27 bits per heavy atom. The van der Waals surface area contributed by atoms with E-state index >= 15 is 0 Å². The summed E-state index contributed by atoms with van der Waals surface area (Å²) in [6.45, 7) is 7.66. The first-order valence-electron chi connectivity index (χ1n) is 8.39. The van der Waals surface area contributed by atoms with E-state index in [4.69, 9.17) is 0 Å². The van der Waals surface area contributed by atoms with Crippen molar-refractivity contribution in [3.05, 3.63) is 58.9 Å². The third kappa shape index (κ3) is 4.11. The van der Waals surface area contributed by atoms with Gasteiger partial charge in [0.15, 0.2) is 0 Å². The maximum absolute atomic E-state index is 13.4. The number of anilines is 1. The second-order valence-electron chi connectivity index (χ2n) is 5.98. The van der Waals surface area contributed by atoms with Gasteiger partial charge < -0.3 is 5.32 Å². The molecule has 1 amide bonds. The minimum Gasteiger partial charge on any atom is -0.322 e. The molecule has 2 aromatic rings. The first-order chi connectivity index (χ1) is 12.2. The fourth-order valence-electron chi connectivity index (χ4n) is 2.65. The SMILES string of the molecule is CCN(CC)S(=O)(=O)c1cc(C(=O)Nc2cc(F)ccc2C)ccc1C. The third-order valence-corrected chi connectivity index (χ3v) is 6.41. The van der Waals surface area contributed by atoms with Gasteiger partial charge in [0.1, 0.15) is 5.82 Å². The molecule has 0 radical (unpaired) electrons. The lowest BCUT2D eigenvalue weighted by atomic mass is 10.1. The second-order valence-corrected chi connectivity index (χ2v) is 7.89. The second kappa shape index (κ2) is 7.97. The van der Waals surface area contributed by atoms with Crippen molar-refractivity contribution in [2.75, 3.05) is 18.4 Å². The molecule has 0 aliphatic carbocycles. The molecule has 2 rings (SSSR count). The van der Waals surface area contributed by atoms with E-state index in [1.807, 2.05) is 0 Å². The van der Waals surface area contributed by atoms with E-state index in [1.165, 1.54) is 22.5 Å². The van der Waals surface area contributed by atoms with E-state index in [-0.39, 0.29) is 10.5 Å². The lowest BCUT2D eigenvalue weighted by molar-refractivity contribution is 0.102. The number of halogens is 1. The van der Waals surface area contributed by atoms with Crippen LogP contribution in [-0.4, -0.2) is 31.7 Å². The first-order valence-corrected chi connectivity index (χ1v) is 9.83. The molecule has 1 N–H and O–H groups in total. The number of amides is 1. The van der Waals surface area contributed by atoms with E-state index in [0.717, 1.165) is 0 Å². The highest BCUT2D eigenvalue weighted by atomic mass is 32.2. The van der Waals surface area contributed by atoms with Gasteiger partial charge in [0.05, 0.1) is 4.90 Å². The predicted octanol–water partition coefficient (Wildman–Crippen LogP) is 3.73. The molecule has 0 bridgehead atoms. The Morgan fingerprint density at radius 1 is 1.04 bits per heavy atom. The molecule has 2 aromatic carbocycles. The summed E-state index contributed by atoms with van der Waals surface area (Å²) in [5, 5.41) is 2.64. The topological polar surface area (TPSA) is 66.5 Å². The lowest BCUT2D eigenvalue weighted by Crippen LogP contribution is -2.31. The van der Waals surface area contributed by atoms with Crippen LogP contribution >= 0.6 is 0 Å². The zero-order valence-electron chi connectivity index (χ0n) is 15.3. The van der Waals surface area contributed by atoms with Crippen molar-refractivity contribution < 1.29 is 17.6 Å². The average Bonchev–Trinajstić information content (AvgIpc) is 2.59. The molecule has 0 aliphatic rings. The molecule has 0 spiro atoms. The van der Waals surface area contributed by atoms with Crippen LogP contribution in [0.5, 0.6) is 0 Å². The van der Waals surface area contributed by atoms with Crippen LogP contribution in [0.4, 0.5) is 10.1 Å². The number of rotatable bonds is 6. The zero-order valence-corrected chi connectivity index (χ0v) is 16.2. The fourth-order valence-corrected chi connectivity index (χ4v) is 4.35. The Bertz CT molecular complexity index is 922. The number of aryl methyl sites for hydroxylation is 2. The molecule has 7 heteroatoms. The monoisotopic (exact) mass is 378 g/mol. The highest BCUT2D eigenvalue weighted by molar-refractivity contribution is 7.89. The number of nitrogens with one attached hydrogen (secondary N) is 1. The van der Waals surface area contributed by atoms with Crippen LogP contribution in [0.15, 0.2) is 41.3 Å². The van der Waals surface area contributed by atoms with Crippen LogP contribution in [0, 0.1) is 19.7 Å². The number of carbonyl (C=O) groups is 1. The summed E-state index contributed by atoms with van der Waals surface area (Å²) in [7, 11) is -3.68. The highest BCUT2D eigenvalue weighted by Crippen LogP contribution is 2.23. The summed E-state index contributed by atoms with van der Waals surface area (Å²) in [4.78, 5) is 12.6. The number of benzene rings is 2. The zero-order chi connectivity index (χ0) is 19.5. The Labute approximate surface area is 153 Å². The molecule has 0 aliphatic heterocycles. The summed E-state index contributed by atoms with van der Waals surface area (Å²) in [5.41, 5.74) is 1.83. The van der Waals surface area contributed by atoms with Crippen molar-refractivity contribution in [2.24, 2.45) is 0 Å². The molecule has 0 aromatic heterocycles. The number of hydrogen-bond acceptors (Lipinski definition) is 3. The Morgan fingerprint density at radius 2 is 1.65 bits per heavy atom. The molecule has 0 fully saturated rings. The standard InChI is InChI=1S/C19H23FN2O3S/c1-5-22(6-2)26(24,25)18-11-15(9-7-14(18)4)19(23)21-17-12-16(20)10-8-13(17)3/h7-12H,5-6H2,1-4H3,(H,21,23). The maximum Gasteiger partial charge on any atom is 0.255 e. The van der Waals surface area contributed by atoms with Gasteiger partial charge in [0.2, 0.25) is 10.0 Å². The van der Waals surface area contributed by atoms with Gasteiger partial charge in [-0.15, -0.1) is 0 Å². The molecule has 0 atom stereocenters. The number of carbonyl (C=O) groups excluding carboxylic acids is 1. The van der Waals surface area contributed by atoms with E-state index in [9.17, 15) is 17.6 Å². The molecule has 0 heterocycles. The molecule has 5 nitrogen and oxygen atoms in total. The van der Waals surface area contributed by atoms with E-state index in [1.54, 1.807) is 45.9 Å². The van der Waals surface area contributed by atoms with Gasteiger partial charge in [0.25, 0.3) is 5.91 Å². The number of hydrogen-bond donors (Lipinski definition) is 1. The summed E-state index contributed by atoms with van der Waals surface area (Å²) in [5.74, 6) is -0.950. The Kier molecular flexibility index (Phi) is 6.15. The van der Waals surface area contributed by atoms with Crippen molar-refractivity contribution in [1.29, 1.82) is 0 Å². The molecule has 0 unspecified atom stereocenters. The van der Waals surface area contributed by atoms with E-state index < -0.39 is 21.7 Å². The predicted molar refractivity (Wildman–Crippen MR) is 100 cm³/mol. The molecular formula is C19H23FN2O3S. The Balaban J connectivity index is 2.40. The van der Waals surface area contributed by atoms with Gasteiger partial charge in [-0.05, 0) is 49.2 Å². The minimum atomic E-state index is -3.68. The van der Waals surface area contributed by atoms with Crippen LogP contribution in [-0.2, 0) is 10.0 Å². The van der Waals surface area contributed by atoms with Crippen LogP contribution in [0.3, 0.4) is 0 Å². The van der Waals surface area contributed by atoms with Crippen molar-refractivity contribution in [3.8, 4) is 0 Å². The summed E-state index contributed by atoms with van der Waals surface area (Å²) < 4.78 is 40.3. The van der Waals surface area contributed by atoms with Crippen molar-refractivity contribution in [3.63, 3.8) is 0 Å². The summed E-state index contributed by atoms with van der Waals surface area (Å²) >= 11 is 0. The van der Waals surface area contributed by atoms with Crippen LogP contribution in [0.25, 0.3) is 0 Å². The molecule has 0 saturated heterocycles. The normalized spacial score (nSPS) is 11.6. The maximum atomic E-state index is 13.4. The summed E-state index contributed by atoms with van der Waals surface area (Å²) in [6.07, 6.45) is 0. The minimum absolute atomic E-state index is 0.102. The summed E-state index contributed by atoms with van der Waals surface area (Å²) in [6, 6.07) is 8.63. The quantitative estimate of drug-likeness (QED) is 0.833. The van der Waals surface area contributed by atoms with Crippen LogP contribution in [0.1, 0.15) is 35.3 Å². The van der Waals surface area contributed by atoms with Gasteiger partial charge >= 0.3 is 0 Å². The van der Waals surface area contributed by atoms with Gasteiger partial charge in [-0.3, -0.25) is 4.79 Å². The largest absolute Gasteiger partial charge is 0.322 e. The average molecular weight is 378 g/mol.